The maximum Gasteiger partial charge on any atom is 0.0798 e. The molecule has 0 bridgehead atoms. The van der Waals surface area contributed by atoms with Crippen molar-refractivity contribution >= 4 is 23.5 Å². The summed E-state index contributed by atoms with van der Waals surface area (Å²) in [7, 11) is 4.09. The quantitative estimate of drug-likeness (QED) is 0.843. The number of hydrogen-bond acceptors (Lipinski definition) is 5. The first-order chi connectivity index (χ1) is 8.59. The maximum atomic E-state index is 10.5. The highest BCUT2D eigenvalue weighted by Crippen LogP contribution is 2.27. The van der Waals surface area contributed by atoms with Gasteiger partial charge in [-0.2, -0.15) is 23.5 Å². The van der Waals surface area contributed by atoms with Gasteiger partial charge in [0.25, 0.3) is 0 Å². The zero-order valence-corrected chi connectivity index (χ0v) is 13.2. The summed E-state index contributed by atoms with van der Waals surface area (Å²) in [4.78, 5) is 4.71. The number of rotatable bonds is 3. The number of piperidine rings is 1. The molecule has 0 aliphatic carbocycles. The number of likely N-dealkylation sites (N-methyl/N-ethyl adjacent to an activating group) is 1. The molecule has 5 heteroatoms. The van der Waals surface area contributed by atoms with Crippen molar-refractivity contribution in [1.29, 1.82) is 0 Å². The molecule has 0 unspecified atom stereocenters. The fraction of sp³-hybridized carbons (Fsp3) is 1.00. The standard InChI is InChI=1S/C13H26N2OS2/c1-14(2)11-13(16)3-5-15(6-4-13)12-9-17-7-8-18-10-12/h12,16H,3-11H2,1-2H3. The van der Waals surface area contributed by atoms with Crippen LogP contribution in [0.4, 0.5) is 0 Å². The van der Waals surface area contributed by atoms with Gasteiger partial charge in [0, 0.05) is 48.7 Å². The van der Waals surface area contributed by atoms with Crippen LogP contribution in [-0.2, 0) is 0 Å². The van der Waals surface area contributed by atoms with Gasteiger partial charge >= 0.3 is 0 Å². The highest BCUT2D eigenvalue weighted by molar-refractivity contribution is 8.03. The van der Waals surface area contributed by atoms with Gasteiger partial charge in [-0.05, 0) is 26.9 Å². The SMILES string of the molecule is CN(C)CC1(O)CCN(C2CSCCSC2)CC1. The molecule has 0 radical (unpaired) electrons. The van der Waals surface area contributed by atoms with Gasteiger partial charge in [0.15, 0.2) is 0 Å². The van der Waals surface area contributed by atoms with E-state index in [0.29, 0.717) is 0 Å². The summed E-state index contributed by atoms with van der Waals surface area (Å²) in [6.45, 7) is 2.93. The summed E-state index contributed by atoms with van der Waals surface area (Å²) >= 11 is 4.19. The van der Waals surface area contributed by atoms with Gasteiger partial charge in [0.05, 0.1) is 5.60 Å². The van der Waals surface area contributed by atoms with Crippen LogP contribution in [0.3, 0.4) is 0 Å². The monoisotopic (exact) mass is 290 g/mol. The van der Waals surface area contributed by atoms with Crippen molar-refractivity contribution in [2.45, 2.75) is 24.5 Å². The smallest absolute Gasteiger partial charge is 0.0798 e. The van der Waals surface area contributed by atoms with Gasteiger partial charge in [0.2, 0.25) is 0 Å². The van der Waals surface area contributed by atoms with Crippen molar-refractivity contribution in [2.75, 3.05) is 56.7 Å². The van der Waals surface area contributed by atoms with E-state index < -0.39 is 5.60 Å². The normalized spacial score (nSPS) is 27.3. The zero-order valence-electron chi connectivity index (χ0n) is 11.6. The van der Waals surface area contributed by atoms with E-state index in [1.54, 1.807) is 0 Å². The third kappa shape index (κ3) is 4.30. The van der Waals surface area contributed by atoms with Crippen molar-refractivity contribution in [3.05, 3.63) is 0 Å². The van der Waals surface area contributed by atoms with Crippen molar-refractivity contribution in [1.82, 2.24) is 9.80 Å². The second-order valence-corrected chi connectivity index (χ2v) is 8.10. The van der Waals surface area contributed by atoms with E-state index in [2.05, 4.69) is 33.3 Å². The average molecular weight is 290 g/mol. The van der Waals surface area contributed by atoms with Crippen LogP contribution in [0.15, 0.2) is 0 Å². The Balaban J connectivity index is 1.81. The number of hydrogen-bond donors (Lipinski definition) is 1. The molecule has 0 saturated carbocycles. The second-order valence-electron chi connectivity index (χ2n) is 5.80. The fourth-order valence-corrected chi connectivity index (χ4v) is 5.49. The molecular weight excluding hydrogens is 264 g/mol. The Labute approximate surface area is 120 Å². The number of nitrogens with zero attached hydrogens (tertiary/aromatic N) is 2. The lowest BCUT2D eigenvalue weighted by atomic mass is 9.90. The largest absolute Gasteiger partial charge is 0.388 e. The van der Waals surface area contributed by atoms with Crippen LogP contribution in [0.2, 0.25) is 0 Å². The summed E-state index contributed by atoms with van der Waals surface area (Å²) in [5.41, 5.74) is -0.453. The lowest BCUT2D eigenvalue weighted by molar-refractivity contribution is -0.0420. The second kappa shape index (κ2) is 6.84. The van der Waals surface area contributed by atoms with Gasteiger partial charge in [-0.25, -0.2) is 0 Å². The van der Waals surface area contributed by atoms with E-state index in [1.165, 1.54) is 23.0 Å². The molecule has 106 valence electrons. The van der Waals surface area contributed by atoms with E-state index in [4.69, 9.17) is 0 Å². The van der Waals surface area contributed by atoms with Gasteiger partial charge in [-0.15, -0.1) is 0 Å². The number of likely N-dealkylation sites (tertiary alicyclic amines) is 1. The van der Waals surface area contributed by atoms with E-state index in [1.807, 2.05) is 14.1 Å². The molecule has 3 nitrogen and oxygen atoms in total. The molecule has 0 aromatic rings. The van der Waals surface area contributed by atoms with Crippen LogP contribution in [0, 0.1) is 0 Å². The molecule has 0 atom stereocenters. The first-order valence-corrected chi connectivity index (χ1v) is 9.17. The minimum Gasteiger partial charge on any atom is -0.388 e. The Morgan fingerprint density at radius 1 is 1.17 bits per heavy atom. The van der Waals surface area contributed by atoms with Gasteiger partial charge < -0.3 is 10.0 Å². The molecule has 2 fully saturated rings. The van der Waals surface area contributed by atoms with Crippen LogP contribution in [0.1, 0.15) is 12.8 Å². The minimum atomic E-state index is -0.453. The number of aliphatic hydroxyl groups is 1. The van der Waals surface area contributed by atoms with E-state index in [0.717, 1.165) is 38.5 Å². The third-order valence-corrected chi connectivity index (χ3v) is 6.33. The van der Waals surface area contributed by atoms with Gasteiger partial charge in [-0.1, -0.05) is 0 Å². The maximum absolute atomic E-state index is 10.5. The van der Waals surface area contributed by atoms with Crippen LogP contribution in [-0.4, -0.2) is 83.3 Å². The van der Waals surface area contributed by atoms with Crippen molar-refractivity contribution < 1.29 is 5.11 Å². The zero-order chi connectivity index (χ0) is 13.0. The minimum absolute atomic E-state index is 0.453. The van der Waals surface area contributed by atoms with Crippen LogP contribution in [0.5, 0.6) is 0 Å². The van der Waals surface area contributed by atoms with Crippen LogP contribution >= 0.6 is 23.5 Å². The fourth-order valence-electron chi connectivity index (χ4n) is 2.87. The van der Waals surface area contributed by atoms with Crippen molar-refractivity contribution in [3.63, 3.8) is 0 Å². The Morgan fingerprint density at radius 3 is 2.22 bits per heavy atom. The molecule has 1 N–H and O–H groups in total. The highest BCUT2D eigenvalue weighted by Gasteiger charge is 2.35. The average Bonchev–Trinajstić information content (AvgIpc) is 2.57. The summed E-state index contributed by atoms with van der Waals surface area (Å²) < 4.78 is 0. The third-order valence-electron chi connectivity index (χ3n) is 3.85. The summed E-state index contributed by atoms with van der Waals surface area (Å²) in [5, 5.41) is 10.5. The molecular formula is C13H26N2OS2. The lowest BCUT2D eigenvalue weighted by Crippen LogP contribution is -2.53. The Bertz CT molecular complexity index is 247. The molecule has 2 aliphatic heterocycles. The molecule has 0 aromatic heterocycles. The molecule has 18 heavy (non-hydrogen) atoms. The van der Waals surface area contributed by atoms with E-state index in [-0.39, 0.29) is 0 Å². The first kappa shape index (κ1) is 15.0. The summed E-state index contributed by atoms with van der Waals surface area (Å²) in [6, 6.07) is 0.728. The molecule has 0 spiro atoms. The highest BCUT2D eigenvalue weighted by atomic mass is 32.2. The summed E-state index contributed by atoms with van der Waals surface area (Å²) in [6.07, 6.45) is 1.86. The molecule has 2 heterocycles. The van der Waals surface area contributed by atoms with E-state index >= 15 is 0 Å². The first-order valence-electron chi connectivity index (χ1n) is 6.86. The summed E-state index contributed by atoms with van der Waals surface area (Å²) in [5.74, 6) is 5.16. The predicted molar refractivity (Wildman–Crippen MR) is 82.7 cm³/mol. The van der Waals surface area contributed by atoms with Gasteiger partial charge in [-0.3, -0.25) is 4.90 Å². The Hall–Kier alpha value is 0.580. The molecule has 2 rings (SSSR count). The lowest BCUT2D eigenvalue weighted by Gasteiger charge is -2.42. The molecule has 0 amide bonds. The van der Waals surface area contributed by atoms with Gasteiger partial charge in [0.1, 0.15) is 0 Å². The van der Waals surface area contributed by atoms with E-state index in [9.17, 15) is 5.11 Å². The molecule has 2 saturated heterocycles. The topological polar surface area (TPSA) is 26.7 Å². The predicted octanol–water partition coefficient (Wildman–Crippen LogP) is 1.22. The number of thioether (sulfide) groups is 2. The van der Waals surface area contributed by atoms with Crippen LogP contribution < -0.4 is 0 Å². The Kier molecular flexibility index (Phi) is 5.69. The molecule has 2 aliphatic rings. The molecule has 0 aromatic carbocycles. The Morgan fingerprint density at radius 2 is 1.72 bits per heavy atom. The van der Waals surface area contributed by atoms with Crippen molar-refractivity contribution in [3.8, 4) is 0 Å². The van der Waals surface area contributed by atoms with Crippen molar-refractivity contribution in [2.24, 2.45) is 0 Å². The van der Waals surface area contributed by atoms with Crippen LogP contribution in [0.25, 0.3) is 0 Å².